The van der Waals surface area contributed by atoms with Gasteiger partial charge in [0.05, 0.1) is 0 Å². The van der Waals surface area contributed by atoms with Gasteiger partial charge in [-0.25, -0.2) is 4.98 Å². The van der Waals surface area contributed by atoms with Crippen LogP contribution >= 0.6 is 11.8 Å². The number of hydrogen-bond acceptors (Lipinski definition) is 5. The third-order valence-electron chi connectivity index (χ3n) is 3.62. The standard InChI is InChI=1S/C18H17N5O2S/c1-19-16(24)13-6-8-15(9-7-13)22-17(25)14-4-2-12(3-5-14)10-26-18-20-11-21-23-18/h2-9,11H,10H2,1H3,(H,19,24)(H,22,25)(H,20,21,23). The second kappa shape index (κ2) is 8.30. The quantitative estimate of drug-likeness (QED) is 0.582. The van der Waals surface area contributed by atoms with Crippen molar-refractivity contribution in [3.05, 3.63) is 71.5 Å². The average molecular weight is 367 g/mol. The van der Waals surface area contributed by atoms with Crippen LogP contribution in [0.5, 0.6) is 0 Å². The second-order valence-electron chi connectivity index (χ2n) is 5.39. The minimum atomic E-state index is -0.202. The first-order chi connectivity index (χ1) is 12.7. The lowest BCUT2D eigenvalue weighted by Gasteiger charge is -2.07. The summed E-state index contributed by atoms with van der Waals surface area (Å²) in [5.74, 6) is 0.367. The summed E-state index contributed by atoms with van der Waals surface area (Å²) in [6.45, 7) is 0. The van der Waals surface area contributed by atoms with Gasteiger partial charge in [0.15, 0.2) is 5.16 Å². The molecule has 0 aliphatic rings. The van der Waals surface area contributed by atoms with E-state index in [4.69, 9.17) is 0 Å². The fraction of sp³-hybridized carbons (Fsp3) is 0.111. The fourth-order valence-electron chi connectivity index (χ4n) is 2.22. The van der Waals surface area contributed by atoms with E-state index < -0.39 is 0 Å². The second-order valence-corrected chi connectivity index (χ2v) is 6.35. The van der Waals surface area contributed by atoms with E-state index in [0.717, 1.165) is 16.5 Å². The molecular formula is C18H17N5O2S. The third-order valence-corrected chi connectivity index (χ3v) is 4.56. The van der Waals surface area contributed by atoms with E-state index in [0.29, 0.717) is 16.8 Å². The highest BCUT2D eigenvalue weighted by atomic mass is 32.2. The van der Waals surface area contributed by atoms with Gasteiger partial charge in [0.1, 0.15) is 6.33 Å². The number of rotatable bonds is 6. The Hall–Kier alpha value is -3.13. The molecule has 0 radical (unpaired) electrons. The molecule has 0 aliphatic heterocycles. The van der Waals surface area contributed by atoms with E-state index in [-0.39, 0.29) is 11.8 Å². The zero-order valence-corrected chi connectivity index (χ0v) is 14.8. The van der Waals surface area contributed by atoms with Crippen LogP contribution in [0.15, 0.2) is 60.0 Å². The molecular weight excluding hydrogens is 350 g/mol. The molecule has 7 nitrogen and oxygen atoms in total. The molecule has 1 aromatic heterocycles. The van der Waals surface area contributed by atoms with Gasteiger partial charge in [0, 0.05) is 29.6 Å². The topological polar surface area (TPSA) is 99.8 Å². The number of aromatic nitrogens is 3. The van der Waals surface area contributed by atoms with Crippen molar-refractivity contribution in [2.75, 3.05) is 12.4 Å². The Kier molecular flexibility index (Phi) is 5.65. The molecule has 0 aliphatic carbocycles. The highest BCUT2D eigenvalue weighted by Crippen LogP contribution is 2.19. The van der Waals surface area contributed by atoms with Gasteiger partial charge in [-0.3, -0.25) is 14.7 Å². The largest absolute Gasteiger partial charge is 0.355 e. The summed E-state index contributed by atoms with van der Waals surface area (Å²) in [5.41, 5.74) is 2.82. The molecule has 2 aromatic carbocycles. The van der Waals surface area contributed by atoms with Crippen molar-refractivity contribution in [1.82, 2.24) is 20.5 Å². The number of anilines is 1. The number of amides is 2. The zero-order valence-electron chi connectivity index (χ0n) is 14.0. The maximum absolute atomic E-state index is 12.3. The van der Waals surface area contributed by atoms with E-state index in [1.54, 1.807) is 55.2 Å². The summed E-state index contributed by atoms with van der Waals surface area (Å²) in [6.07, 6.45) is 1.47. The van der Waals surface area contributed by atoms with Crippen LogP contribution in [-0.2, 0) is 5.75 Å². The number of aromatic amines is 1. The van der Waals surface area contributed by atoms with E-state index >= 15 is 0 Å². The summed E-state index contributed by atoms with van der Waals surface area (Å²) in [7, 11) is 1.58. The van der Waals surface area contributed by atoms with Crippen LogP contribution in [0, 0.1) is 0 Å². The summed E-state index contributed by atoms with van der Waals surface area (Å²) in [6, 6.07) is 14.1. The SMILES string of the molecule is CNC(=O)c1ccc(NC(=O)c2ccc(CSc3ncn[nH]3)cc2)cc1. The predicted molar refractivity (Wildman–Crippen MR) is 100 cm³/mol. The molecule has 26 heavy (non-hydrogen) atoms. The molecule has 0 atom stereocenters. The van der Waals surface area contributed by atoms with Crippen molar-refractivity contribution < 1.29 is 9.59 Å². The van der Waals surface area contributed by atoms with Gasteiger partial charge in [0.25, 0.3) is 11.8 Å². The number of H-pyrrole nitrogens is 1. The molecule has 2 amide bonds. The maximum atomic E-state index is 12.3. The highest BCUT2D eigenvalue weighted by Gasteiger charge is 2.08. The van der Waals surface area contributed by atoms with Crippen LogP contribution in [0.3, 0.4) is 0 Å². The predicted octanol–water partition coefficient (Wildman–Crippen LogP) is 2.71. The molecule has 3 aromatic rings. The smallest absolute Gasteiger partial charge is 0.255 e. The van der Waals surface area contributed by atoms with Crippen LogP contribution in [0.4, 0.5) is 5.69 Å². The van der Waals surface area contributed by atoms with E-state index in [2.05, 4.69) is 25.8 Å². The Morgan fingerprint density at radius 2 is 1.65 bits per heavy atom. The van der Waals surface area contributed by atoms with Gasteiger partial charge in [0.2, 0.25) is 0 Å². The molecule has 0 saturated heterocycles. The molecule has 8 heteroatoms. The van der Waals surface area contributed by atoms with Crippen molar-refractivity contribution >= 4 is 29.3 Å². The van der Waals surface area contributed by atoms with Gasteiger partial charge in [-0.05, 0) is 42.0 Å². The summed E-state index contributed by atoms with van der Waals surface area (Å²) in [5, 5.41) is 12.7. The zero-order chi connectivity index (χ0) is 18.4. The molecule has 0 unspecified atom stereocenters. The van der Waals surface area contributed by atoms with Crippen molar-refractivity contribution in [1.29, 1.82) is 0 Å². The Morgan fingerprint density at radius 1 is 1.00 bits per heavy atom. The third kappa shape index (κ3) is 4.48. The number of carbonyl (C=O) groups excluding carboxylic acids is 2. The molecule has 3 N–H and O–H groups in total. The number of hydrogen-bond donors (Lipinski definition) is 3. The van der Waals surface area contributed by atoms with Crippen molar-refractivity contribution in [2.24, 2.45) is 0 Å². The number of nitrogens with one attached hydrogen (secondary N) is 3. The van der Waals surface area contributed by atoms with Crippen LogP contribution in [0.25, 0.3) is 0 Å². The van der Waals surface area contributed by atoms with Crippen LogP contribution < -0.4 is 10.6 Å². The highest BCUT2D eigenvalue weighted by molar-refractivity contribution is 7.98. The Morgan fingerprint density at radius 3 is 2.27 bits per heavy atom. The summed E-state index contributed by atoms with van der Waals surface area (Å²) >= 11 is 1.54. The Balaban J connectivity index is 1.58. The lowest BCUT2D eigenvalue weighted by molar-refractivity contribution is 0.0962. The van der Waals surface area contributed by atoms with Crippen LogP contribution in [0.2, 0.25) is 0 Å². The van der Waals surface area contributed by atoms with E-state index in [1.165, 1.54) is 6.33 Å². The van der Waals surface area contributed by atoms with E-state index in [9.17, 15) is 9.59 Å². The number of thioether (sulfide) groups is 1. The first-order valence-electron chi connectivity index (χ1n) is 7.86. The van der Waals surface area contributed by atoms with Crippen molar-refractivity contribution in [3.63, 3.8) is 0 Å². The first kappa shape index (κ1) is 17.7. The monoisotopic (exact) mass is 367 g/mol. The fourth-order valence-corrected chi connectivity index (χ4v) is 2.96. The van der Waals surface area contributed by atoms with Crippen LogP contribution in [-0.4, -0.2) is 34.0 Å². The Bertz CT molecular complexity index is 877. The first-order valence-corrected chi connectivity index (χ1v) is 8.85. The summed E-state index contributed by atoms with van der Waals surface area (Å²) < 4.78 is 0. The summed E-state index contributed by atoms with van der Waals surface area (Å²) in [4.78, 5) is 27.9. The average Bonchev–Trinajstić information content (AvgIpc) is 3.20. The molecule has 0 fully saturated rings. The van der Waals surface area contributed by atoms with Gasteiger partial charge >= 0.3 is 0 Å². The maximum Gasteiger partial charge on any atom is 0.255 e. The molecule has 0 saturated carbocycles. The minimum Gasteiger partial charge on any atom is -0.355 e. The van der Waals surface area contributed by atoms with Crippen LogP contribution in [0.1, 0.15) is 26.3 Å². The van der Waals surface area contributed by atoms with Gasteiger partial charge in [-0.15, -0.1) is 0 Å². The lowest BCUT2D eigenvalue weighted by Crippen LogP contribution is -2.17. The molecule has 0 bridgehead atoms. The van der Waals surface area contributed by atoms with Crippen molar-refractivity contribution in [3.8, 4) is 0 Å². The molecule has 132 valence electrons. The molecule has 0 spiro atoms. The van der Waals surface area contributed by atoms with Crippen molar-refractivity contribution in [2.45, 2.75) is 10.9 Å². The number of benzene rings is 2. The molecule has 1 heterocycles. The number of carbonyl (C=O) groups is 2. The Labute approximate surface area is 154 Å². The number of nitrogens with zero attached hydrogens (tertiary/aromatic N) is 2. The normalized spacial score (nSPS) is 10.3. The van der Waals surface area contributed by atoms with Gasteiger partial charge in [-0.2, -0.15) is 5.10 Å². The minimum absolute atomic E-state index is 0.165. The lowest BCUT2D eigenvalue weighted by atomic mass is 10.1. The van der Waals surface area contributed by atoms with Gasteiger partial charge in [-0.1, -0.05) is 23.9 Å². The van der Waals surface area contributed by atoms with Gasteiger partial charge < -0.3 is 10.6 Å². The van der Waals surface area contributed by atoms with E-state index in [1.807, 2.05) is 12.1 Å². The molecule has 3 rings (SSSR count).